The molecule has 0 saturated carbocycles. The third-order valence-electron chi connectivity index (χ3n) is 6.43. The third kappa shape index (κ3) is 6.33. The zero-order valence-corrected chi connectivity index (χ0v) is 22.0. The number of H-pyrrole nitrogens is 1. The number of rotatable bonds is 7. The van der Waals surface area contributed by atoms with Gasteiger partial charge in [-0.25, -0.2) is 0 Å². The van der Waals surface area contributed by atoms with E-state index in [1.165, 1.54) is 25.1 Å². The molecular weight excluding hydrogens is 543 g/mol. The molecule has 3 aromatic rings. The number of nitrogens with one attached hydrogen (secondary N) is 1. The van der Waals surface area contributed by atoms with Crippen molar-refractivity contribution in [1.29, 1.82) is 0 Å². The summed E-state index contributed by atoms with van der Waals surface area (Å²) < 4.78 is 40.5. The molecule has 2 N–H and O–H groups in total. The average molecular weight is 568 g/mol. The summed E-state index contributed by atoms with van der Waals surface area (Å²) in [6.45, 7) is 4.52. The average Bonchev–Trinajstić information content (AvgIpc) is 2.87. The van der Waals surface area contributed by atoms with Crippen LogP contribution in [0.3, 0.4) is 0 Å². The Morgan fingerprint density at radius 2 is 1.82 bits per heavy atom. The van der Waals surface area contributed by atoms with E-state index < -0.39 is 17.3 Å². The molecule has 0 bridgehead atoms. The van der Waals surface area contributed by atoms with Gasteiger partial charge >= 0.3 is 6.18 Å². The van der Waals surface area contributed by atoms with Crippen molar-refractivity contribution in [2.24, 2.45) is 0 Å². The van der Waals surface area contributed by atoms with Gasteiger partial charge < -0.3 is 15.0 Å². The summed E-state index contributed by atoms with van der Waals surface area (Å²) in [6.07, 6.45) is -4.41. The van der Waals surface area contributed by atoms with Gasteiger partial charge in [-0.2, -0.15) is 13.2 Å². The second-order valence-corrected chi connectivity index (χ2v) is 10.4. The Kier molecular flexibility index (Phi) is 8.39. The molecule has 0 aliphatic carbocycles. The number of alkyl halides is 3. The first kappa shape index (κ1) is 28.0. The molecule has 0 spiro atoms. The van der Waals surface area contributed by atoms with Gasteiger partial charge in [0.1, 0.15) is 11.5 Å². The van der Waals surface area contributed by atoms with Crippen LogP contribution in [-0.4, -0.2) is 70.1 Å². The Hall–Kier alpha value is -3.02. The van der Waals surface area contributed by atoms with Crippen LogP contribution in [0.4, 0.5) is 13.2 Å². The van der Waals surface area contributed by atoms with Gasteiger partial charge in [-0.05, 0) is 36.4 Å². The molecule has 1 saturated heterocycles. The minimum atomic E-state index is -4.63. The Balaban J connectivity index is 1.62. The number of aromatic nitrogens is 1. The van der Waals surface area contributed by atoms with E-state index >= 15 is 0 Å². The maximum atomic E-state index is 13.5. The quantitative estimate of drug-likeness (QED) is 0.399. The number of pyridine rings is 1. The lowest BCUT2D eigenvalue weighted by atomic mass is 9.98. The van der Waals surface area contributed by atoms with Crippen molar-refractivity contribution < 1.29 is 27.9 Å². The molecule has 12 heteroatoms. The van der Waals surface area contributed by atoms with E-state index in [0.717, 1.165) is 30.0 Å². The van der Waals surface area contributed by atoms with Crippen molar-refractivity contribution >= 4 is 46.0 Å². The van der Waals surface area contributed by atoms with Crippen LogP contribution < -0.4 is 5.56 Å². The number of amides is 1. The van der Waals surface area contributed by atoms with E-state index in [-0.39, 0.29) is 61.6 Å². The van der Waals surface area contributed by atoms with E-state index in [1.807, 2.05) is 0 Å². The van der Waals surface area contributed by atoms with Crippen LogP contribution in [0.5, 0.6) is 5.75 Å². The number of thioether (sulfide) groups is 1. The molecule has 1 aliphatic heterocycles. The lowest BCUT2D eigenvalue weighted by Crippen LogP contribution is -2.48. The zero-order valence-electron chi connectivity index (χ0n) is 20.4. The van der Waals surface area contributed by atoms with Gasteiger partial charge in [0.2, 0.25) is 5.91 Å². The number of phenols is 1. The zero-order chi connectivity index (χ0) is 27.6. The molecular formula is C26H25ClF3N3O4S. The second kappa shape index (κ2) is 11.4. The molecule has 2 aromatic carbocycles. The number of fused-ring (bicyclic) bond motifs is 1. The summed E-state index contributed by atoms with van der Waals surface area (Å²) in [5, 5.41) is 10.8. The summed E-state index contributed by atoms with van der Waals surface area (Å²) in [7, 11) is 0. The number of ketones is 1. The lowest BCUT2D eigenvalue weighted by molar-refractivity contribution is -0.137. The van der Waals surface area contributed by atoms with Crippen LogP contribution in [0.1, 0.15) is 18.9 Å². The minimum Gasteiger partial charge on any atom is -0.507 e. The third-order valence-corrected chi connectivity index (χ3v) is 7.81. The molecule has 1 aliphatic rings. The fraction of sp³-hybridized carbons (Fsp3) is 0.346. The molecule has 202 valence electrons. The first-order chi connectivity index (χ1) is 17.9. The SMILES string of the molecule is CC(=O)N1CCN(CCC(=O)CSc2c(-c3cc(Cl)ccc3O)c3cc(C(F)(F)F)ccc3[nH]c2=O)CC1. The first-order valence-electron chi connectivity index (χ1n) is 11.8. The van der Waals surface area contributed by atoms with Gasteiger partial charge in [-0.15, -0.1) is 11.8 Å². The summed E-state index contributed by atoms with van der Waals surface area (Å²) in [5.74, 6) is -0.484. The number of hydrogen-bond acceptors (Lipinski definition) is 6. The lowest BCUT2D eigenvalue weighted by Gasteiger charge is -2.34. The number of hydrogen-bond donors (Lipinski definition) is 2. The Morgan fingerprint density at radius 3 is 2.47 bits per heavy atom. The highest BCUT2D eigenvalue weighted by Crippen LogP contribution is 2.42. The van der Waals surface area contributed by atoms with Crippen LogP contribution in [-0.2, 0) is 15.8 Å². The highest BCUT2D eigenvalue weighted by Gasteiger charge is 2.31. The number of carbonyl (C=O) groups excluding carboxylic acids is 2. The maximum Gasteiger partial charge on any atom is 0.416 e. The molecule has 1 fully saturated rings. The summed E-state index contributed by atoms with van der Waals surface area (Å²) in [4.78, 5) is 43.7. The van der Waals surface area contributed by atoms with Crippen molar-refractivity contribution in [1.82, 2.24) is 14.8 Å². The number of benzene rings is 2. The molecule has 7 nitrogen and oxygen atoms in total. The van der Waals surface area contributed by atoms with Crippen molar-refractivity contribution in [3.8, 4) is 16.9 Å². The topological polar surface area (TPSA) is 93.7 Å². The highest BCUT2D eigenvalue weighted by atomic mass is 35.5. The maximum absolute atomic E-state index is 13.5. The number of Topliss-reactive ketones (excluding diaryl/α,β-unsaturated/α-hetero) is 1. The Bertz CT molecular complexity index is 1440. The molecule has 0 unspecified atom stereocenters. The molecule has 1 amide bonds. The largest absolute Gasteiger partial charge is 0.507 e. The number of nitrogens with zero attached hydrogens (tertiary/aromatic N) is 2. The molecule has 0 radical (unpaired) electrons. The molecule has 38 heavy (non-hydrogen) atoms. The number of aromatic amines is 1. The molecule has 0 atom stereocenters. The number of carbonyl (C=O) groups is 2. The van der Waals surface area contributed by atoms with Gasteiger partial charge in [0.05, 0.1) is 16.2 Å². The molecule has 4 rings (SSSR count). The van der Waals surface area contributed by atoms with E-state index in [9.17, 15) is 32.7 Å². The monoisotopic (exact) mass is 567 g/mol. The first-order valence-corrected chi connectivity index (χ1v) is 13.2. The summed E-state index contributed by atoms with van der Waals surface area (Å²) in [6, 6.07) is 7.03. The number of halogens is 4. The standard InChI is InChI=1S/C26H25ClF3N3O4S/c1-15(34)33-10-8-32(9-11-33)7-6-18(35)14-38-24-23(20-13-17(27)3-5-22(20)36)19-12-16(26(28,29)30)2-4-21(19)31-25(24)37/h2-5,12-13,36H,6-11,14H2,1H3,(H,31,37). The fourth-order valence-electron chi connectivity index (χ4n) is 4.36. The second-order valence-electron chi connectivity index (χ2n) is 9.00. The van der Waals surface area contributed by atoms with Crippen LogP contribution in [0.15, 0.2) is 46.1 Å². The predicted octanol–water partition coefficient (Wildman–Crippen LogP) is 4.79. The van der Waals surface area contributed by atoms with Crippen molar-refractivity contribution in [3.63, 3.8) is 0 Å². The molecule has 2 heterocycles. The predicted molar refractivity (Wildman–Crippen MR) is 141 cm³/mol. The molecule has 1 aromatic heterocycles. The fourth-order valence-corrected chi connectivity index (χ4v) is 5.53. The van der Waals surface area contributed by atoms with Crippen LogP contribution in [0, 0.1) is 0 Å². The van der Waals surface area contributed by atoms with Crippen LogP contribution >= 0.6 is 23.4 Å². The van der Waals surface area contributed by atoms with E-state index in [2.05, 4.69) is 9.88 Å². The number of aromatic hydroxyl groups is 1. The van der Waals surface area contributed by atoms with Gasteiger partial charge in [-0.3, -0.25) is 19.3 Å². The van der Waals surface area contributed by atoms with Crippen molar-refractivity contribution in [3.05, 3.63) is 57.3 Å². The minimum absolute atomic E-state index is 0.0119. The number of phenolic OH excluding ortho intramolecular Hbond substituents is 1. The summed E-state index contributed by atoms with van der Waals surface area (Å²) in [5.41, 5.74) is -1.20. The van der Waals surface area contributed by atoms with Crippen LogP contribution in [0.25, 0.3) is 22.0 Å². The Labute approximate surface area is 225 Å². The summed E-state index contributed by atoms with van der Waals surface area (Å²) >= 11 is 7.03. The van der Waals surface area contributed by atoms with E-state index in [4.69, 9.17) is 11.6 Å². The number of piperazine rings is 1. The van der Waals surface area contributed by atoms with E-state index in [0.29, 0.717) is 32.7 Å². The normalized spacial score (nSPS) is 14.7. The van der Waals surface area contributed by atoms with Gasteiger partial charge in [0.25, 0.3) is 5.56 Å². The smallest absolute Gasteiger partial charge is 0.416 e. The van der Waals surface area contributed by atoms with Crippen LogP contribution in [0.2, 0.25) is 5.02 Å². The van der Waals surface area contributed by atoms with Crippen molar-refractivity contribution in [2.45, 2.75) is 24.4 Å². The highest BCUT2D eigenvalue weighted by molar-refractivity contribution is 8.00. The Morgan fingerprint density at radius 1 is 1.11 bits per heavy atom. The van der Waals surface area contributed by atoms with Crippen molar-refractivity contribution in [2.75, 3.05) is 38.5 Å². The van der Waals surface area contributed by atoms with Gasteiger partial charge in [0, 0.05) is 73.1 Å². The van der Waals surface area contributed by atoms with Gasteiger partial charge in [-0.1, -0.05) is 11.6 Å². The van der Waals surface area contributed by atoms with Gasteiger partial charge in [0.15, 0.2) is 0 Å². The van der Waals surface area contributed by atoms with E-state index in [1.54, 1.807) is 4.90 Å².